The summed E-state index contributed by atoms with van der Waals surface area (Å²) >= 11 is 5.75. The molecule has 0 aromatic heterocycles. The highest BCUT2D eigenvalue weighted by molar-refractivity contribution is 6.31. The van der Waals surface area contributed by atoms with Crippen LogP contribution in [-0.2, 0) is 4.79 Å². The van der Waals surface area contributed by atoms with Crippen molar-refractivity contribution in [1.82, 2.24) is 0 Å². The van der Waals surface area contributed by atoms with E-state index in [-0.39, 0.29) is 16.3 Å². The van der Waals surface area contributed by atoms with E-state index in [1.807, 2.05) is 19.1 Å². The SMILES string of the molecule is Cc1cccc(OC(C)C(=O)Oc2ccc(Cl)cc2C(=O)O)c1. The quantitative estimate of drug-likeness (QED) is 0.666. The van der Waals surface area contributed by atoms with Crippen molar-refractivity contribution in [2.75, 3.05) is 0 Å². The molecule has 0 aliphatic heterocycles. The minimum atomic E-state index is -1.23. The zero-order valence-electron chi connectivity index (χ0n) is 12.6. The molecule has 5 nitrogen and oxygen atoms in total. The first-order chi connectivity index (χ1) is 10.9. The highest BCUT2D eigenvalue weighted by Gasteiger charge is 2.21. The average Bonchev–Trinajstić information content (AvgIpc) is 2.48. The molecule has 0 spiro atoms. The van der Waals surface area contributed by atoms with Gasteiger partial charge in [0.1, 0.15) is 17.1 Å². The van der Waals surface area contributed by atoms with Crippen LogP contribution in [0.25, 0.3) is 0 Å². The normalized spacial score (nSPS) is 11.6. The van der Waals surface area contributed by atoms with Crippen molar-refractivity contribution >= 4 is 23.5 Å². The molecule has 0 radical (unpaired) electrons. The lowest BCUT2D eigenvalue weighted by molar-refractivity contribution is -0.141. The molecule has 0 heterocycles. The van der Waals surface area contributed by atoms with Crippen molar-refractivity contribution < 1.29 is 24.2 Å². The summed E-state index contributed by atoms with van der Waals surface area (Å²) in [6.07, 6.45) is -0.894. The fourth-order valence-corrected chi connectivity index (χ4v) is 2.06. The predicted octanol–water partition coefficient (Wildman–Crippen LogP) is 3.72. The van der Waals surface area contributed by atoms with Gasteiger partial charge >= 0.3 is 11.9 Å². The van der Waals surface area contributed by atoms with Crippen LogP contribution in [0.4, 0.5) is 0 Å². The molecule has 120 valence electrons. The van der Waals surface area contributed by atoms with Crippen molar-refractivity contribution in [2.24, 2.45) is 0 Å². The third kappa shape index (κ3) is 4.47. The smallest absolute Gasteiger partial charge is 0.352 e. The number of esters is 1. The Morgan fingerprint density at radius 3 is 2.57 bits per heavy atom. The van der Waals surface area contributed by atoms with E-state index in [0.717, 1.165) is 5.56 Å². The number of carboxylic acid groups (broad SMARTS) is 1. The molecule has 2 aromatic rings. The minimum absolute atomic E-state index is 0.0772. The second-order valence-electron chi connectivity index (χ2n) is 4.94. The summed E-state index contributed by atoms with van der Waals surface area (Å²) < 4.78 is 10.6. The molecule has 2 rings (SSSR count). The van der Waals surface area contributed by atoms with Crippen molar-refractivity contribution in [3.05, 3.63) is 58.6 Å². The number of ether oxygens (including phenoxy) is 2. The Balaban J connectivity index is 2.11. The summed E-state index contributed by atoms with van der Waals surface area (Å²) in [5.41, 5.74) is 0.808. The summed E-state index contributed by atoms with van der Waals surface area (Å²) in [4.78, 5) is 23.3. The number of hydrogen-bond acceptors (Lipinski definition) is 4. The first kappa shape index (κ1) is 16.8. The molecule has 1 N–H and O–H groups in total. The molecular weight excluding hydrogens is 320 g/mol. The maximum absolute atomic E-state index is 12.1. The van der Waals surface area contributed by atoms with Gasteiger partial charge in [-0.3, -0.25) is 0 Å². The standard InChI is InChI=1S/C17H15ClO5/c1-10-4-3-5-13(8-10)22-11(2)17(21)23-15-7-6-12(18)9-14(15)16(19)20/h3-9,11H,1-2H3,(H,19,20). The van der Waals surface area contributed by atoms with Gasteiger partial charge in [0.25, 0.3) is 0 Å². The van der Waals surface area contributed by atoms with Gasteiger partial charge in [-0.2, -0.15) is 0 Å². The van der Waals surface area contributed by atoms with Gasteiger partial charge in [0.05, 0.1) is 0 Å². The molecule has 23 heavy (non-hydrogen) atoms. The Bertz CT molecular complexity index is 742. The van der Waals surface area contributed by atoms with Gasteiger partial charge in [-0.1, -0.05) is 23.7 Å². The van der Waals surface area contributed by atoms with Crippen molar-refractivity contribution in [3.63, 3.8) is 0 Å². The Morgan fingerprint density at radius 2 is 1.91 bits per heavy atom. The third-order valence-electron chi connectivity index (χ3n) is 3.02. The van der Waals surface area contributed by atoms with E-state index < -0.39 is 18.0 Å². The van der Waals surface area contributed by atoms with E-state index in [1.165, 1.54) is 25.1 Å². The Morgan fingerprint density at radius 1 is 1.17 bits per heavy atom. The number of rotatable bonds is 5. The van der Waals surface area contributed by atoms with Crippen LogP contribution in [0.1, 0.15) is 22.8 Å². The molecule has 2 aromatic carbocycles. The van der Waals surface area contributed by atoms with Crippen LogP contribution in [0, 0.1) is 6.92 Å². The van der Waals surface area contributed by atoms with E-state index >= 15 is 0 Å². The highest BCUT2D eigenvalue weighted by Crippen LogP contribution is 2.24. The van der Waals surface area contributed by atoms with Crippen LogP contribution in [0.2, 0.25) is 5.02 Å². The van der Waals surface area contributed by atoms with Crippen LogP contribution in [0.3, 0.4) is 0 Å². The molecule has 0 saturated carbocycles. The van der Waals surface area contributed by atoms with Crippen molar-refractivity contribution in [1.29, 1.82) is 0 Å². The van der Waals surface area contributed by atoms with E-state index in [1.54, 1.807) is 12.1 Å². The summed E-state index contributed by atoms with van der Waals surface area (Å²) in [7, 11) is 0. The largest absolute Gasteiger partial charge is 0.479 e. The molecule has 0 bridgehead atoms. The van der Waals surface area contributed by atoms with Gasteiger partial charge in [-0.15, -0.1) is 0 Å². The summed E-state index contributed by atoms with van der Waals surface area (Å²) in [6, 6.07) is 11.2. The molecule has 1 unspecified atom stereocenters. The van der Waals surface area contributed by atoms with Gasteiger partial charge < -0.3 is 14.6 Å². The van der Waals surface area contributed by atoms with Gasteiger partial charge in [-0.05, 0) is 49.7 Å². The Hall–Kier alpha value is -2.53. The predicted molar refractivity (Wildman–Crippen MR) is 85.3 cm³/mol. The molecular formula is C17H15ClO5. The maximum atomic E-state index is 12.1. The molecule has 0 saturated heterocycles. The minimum Gasteiger partial charge on any atom is -0.479 e. The summed E-state index contributed by atoms with van der Waals surface area (Å²) in [5, 5.41) is 9.37. The lowest BCUT2D eigenvalue weighted by Gasteiger charge is -2.15. The molecule has 0 aliphatic rings. The van der Waals surface area contributed by atoms with E-state index in [2.05, 4.69) is 0 Å². The van der Waals surface area contributed by atoms with Crippen LogP contribution in [-0.4, -0.2) is 23.1 Å². The fourth-order valence-electron chi connectivity index (χ4n) is 1.89. The number of carboxylic acids is 1. The number of carbonyl (C=O) groups excluding carboxylic acids is 1. The Labute approximate surface area is 138 Å². The van der Waals surface area contributed by atoms with Crippen molar-refractivity contribution in [2.45, 2.75) is 20.0 Å². The van der Waals surface area contributed by atoms with E-state index in [9.17, 15) is 9.59 Å². The lowest BCUT2D eigenvalue weighted by Crippen LogP contribution is -2.29. The number of hydrogen-bond donors (Lipinski definition) is 1. The number of benzene rings is 2. The average molecular weight is 335 g/mol. The fraction of sp³-hybridized carbons (Fsp3) is 0.176. The molecule has 0 aliphatic carbocycles. The van der Waals surface area contributed by atoms with Crippen LogP contribution >= 0.6 is 11.6 Å². The third-order valence-corrected chi connectivity index (χ3v) is 3.25. The van der Waals surface area contributed by atoms with Gasteiger partial charge in [0, 0.05) is 5.02 Å². The monoisotopic (exact) mass is 334 g/mol. The van der Waals surface area contributed by atoms with E-state index in [0.29, 0.717) is 5.75 Å². The zero-order valence-corrected chi connectivity index (χ0v) is 13.3. The summed E-state index contributed by atoms with van der Waals surface area (Å²) in [5.74, 6) is -1.48. The molecule has 1 atom stereocenters. The zero-order chi connectivity index (χ0) is 17.0. The van der Waals surface area contributed by atoms with Crippen molar-refractivity contribution in [3.8, 4) is 11.5 Å². The number of halogens is 1. The molecule has 0 amide bonds. The number of carbonyl (C=O) groups is 2. The van der Waals surface area contributed by atoms with Crippen LogP contribution in [0.5, 0.6) is 11.5 Å². The topological polar surface area (TPSA) is 72.8 Å². The number of aromatic carboxylic acids is 1. The second-order valence-corrected chi connectivity index (χ2v) is 5.38. The molecule has 6 heteroatoms. The Kier molecular flexibility index (Phi) is 5.24. The summed E-state index contributed by atoms with van der Waals surface area (Å²) in [6.45, 7) is 3.43. The highest BCUT2D eigenvalue weighted by atomic mass is 35.5. The van der Waals surface area contributed by atoms with E-state index in [4.69, 9.17) is 26.2 Å². The van der Waals surface area contributed by atoms with Crippen LogP contribution < -0.4 is 9.47 Å². The van der Waals surface area contributed by atoms with Crippen LogP contribution in [0.15, 0.2) is 42.5 Å². The first-order valence-electron chi connectivity index (χ1n) is 6.84. The maximum Gasteiger partial charge on any atom is 0.352 e. The number of aryl methyl sites for hydroxylation is 1. The van der Waals surface area contributed by atoms with Gasteiger partial charge in [-0.25, -0.2) is 9.59 Å². The van der Waals surface area contributed by atoms with Gasteiger partial charge in [0.2, 0.25) is 0 Å². The van der Waals surface area contributed by atoms with Gasteiger partial charge in [0.15, 0.2) is 6.10 Å². The molecule has 0 fully saturated rings. The first-order valence-corrected chi connectivity index (χ1v) is 7.22. The lowest BCUT2D eigenvalue weighted by atomic mass is 10.2. The second kappa shape index (κ2) is 7.15.